The van der Waals surface area contributed by atoms with Gasteiger partial charge >= 0.3 is 0 Å². The van der Waals surface area contributed by atoms with Crippen molar-refractivity contribution in [1.29, 1.82) is 0 Å². The van der Waals surface area contributed by atoms with Crippen LogP contribution in [0.1, 0.15) is 13.8 Å². The summed E-state index contributed by atoms with van der Waals surface area (Å²) in [6, 6.07) is 1.96. The van der Waals surface area contributed by atoms with Crippen molar-refractivity contribution in [2.45, 2.75) is 20.4 Å². The van der Waals surface area contributed by atoms with Crippen LogP contribution >= 0.6 is 0 Å². The van der Waals surface area contributed by atoms with Gasteiger partial charge in [-0.3, -0.25) is 4.98 Å². The predicted octanol–water partition coefficient (Wildman–Crippen LogP) is 1.36. The molecule has 0 bridgehead atoms. The normalized spacial score (nSPS) is 11.5. The summed E-state index contributed by atoms with van der Waals surface area (Å²) in [5.74, 6) is 0.570. The first kappa shape index (κ1) is 11.9. The summed E-state index contributed by atoms with van der Waals surface area (Å²) < 4.78 is 2.05. The van der Waals surface area contributed by atoms with E-state index in [4.69, 9.17) is 5.73 Å². The lowest BCUT2D eigenvalue weighted by atomic mass is 10.4. The van der Waals surface area contributed by atoms with Crippen molar-refractivity contribution in [2.75, 3.05) is 25.4 Å². The van der Waals surface area contributed by atoms with Crippen molar-refractivity contribution < 1.29 is 0 Å². The molecule has 2 aromatic heterocycles. The molecule has 0 amide bonds. The molecule has 0 unspecified atom stereocenters. The third-order valence-electron chi connectivity index (χ3n) is 3.11. The number of likely N-dealkylation sites (N-methyl/N-ethyl adjacent to an activating group) is 1. The van der Waals surface area contributed by atoms with Gasteiger partial charge in [0.2, 0.25) is 5.95 Å². The second-order valence-corrected chi connectivity index (χ2v) is 4.01. The summed E-state index contributed by atoms with van der Waals surface area (Å²) in [4.78, 5) is 10.7. The molecule has 17 heavy (non-hydrogen) atoms. The Morgan fingerprint density at radius 3 is 2.82 bits per heavy atom. The molecule has 0 aliphatic carbocycles. The molecule has 0 spiro atoms. The standard InChI is InChI=1S/C12H19N5/c1-3-16(4-2)7-8-17-11-5-6-14-9-10(11)15-12(17)13/h5-6,9H,3-4,7-8H2,1-2H3,(H2,13,15). The van der Waals surface area contributed by atoms with Gasteiger partial charge in [0.05, 0.1) is 11.7 Å². The molecule has 0 saturated carbocycles. The van der Waals surface area contributed by atoms with Crippen molar-refractivity contribution in [1.82, 2.24) is 19.4 Å². The third kappa shape index (κ3) is 2.39. The zero-order chi connectivity index (χ0) is 12.3. The zero-order valence-electron chi connectivity index (χ0n) is 10.4. The number of nitrogens with zero attached hydrogens (tertiary/aromatic N) is 4. The first-order chi connectivity index (χ1) is 8.26. The van der Waals surface area contributed by atoms with E-state index in [1.54, 1.807) is 12.4 Å². The predicted molar refractivity (Wildman–Crippen MR) is 69.7 cm³/mol. The molecular formula is C12H19N5. The monoisotopic (exact) mass is 233 g/mol. The van der Waals surface area contributed by atoms with Crippen molar-refractivity contribution >= 4 is 17.0 Å². The number of hydrogen-bond donors (Lipinski definition) is 1. The highest BCUT2D eigenvalue weighted by Gasteiger charge is 2.08. The summed E-state index contributed by atoms with van der Waals surface area (Å²) in [6.45, 7) is 8.32. The Morgan fingerprint density at radius 1 is 1.35 bits per heavy atom. The van der Waals surface area contributed by atoms with Crippen LogP contribution in [0.2, 0.25) is 0 Å². The Hall–Kier alpha value is -1.62. The minimum atomic E-state index is 0.570. The van der Waals surface area contributed by atoms with E-state index >= 15 is 0 Å². The highest BCUT2D eigenvalue weighted by atomic mass is 15.2. The van der Waals surface area contributed by atoms with E-state index in [1.165, 1.54) is 0 Å². The minimum Gasteiger partial charge on any atom is -0.369 e. The summed E-state index contributed by atoms with van der Waals surface area (Å²) >= 11 is 0. The SMILES string of the molecule is CCN(CC)CCn1c(N)nc2cnccc21. The van der Waals surface area contributed by atoms with Crippen LogP contribution in [0.3, 0.4) is 0 Å². The molecule has 5 heteroatoms. The molecule has 92 valence electrons. The number of aromatic nitrogens is 3. The van der Waals surface area contributed by atoms with E-state index < -0.39 is 0 Å². The van der Waals surface area contributed by atoms with Crippen LogP contribution in [0, 0.1) is 0 Å². The number of fused-ring (bicyclic) bond motifs is 1. The molecule has 2 heterocycles. The van der Waals surface area contributed by atoms with Crippen molar-refractivity contribution in [3.63, 3.8) is 0 Å². The molecule has 2 rings (SSSR count). The quantitative estimate of drug-likeness (QED) is 0.847. The Morgan fingerprint density at radius 2 is 2.12 bits per heavy atom. The molecule has 0 fully saturated rings. The molecule has 2 N–H and O–H groups in total. The molecule has 0 aliphatic rings. The van der Waals surface area contributed by atoms with E-state index in [-0.39, 0.29) is 0 Å². The van der Waals surface area contributed by atoms with E-state index in [2.05, 4.69) is 33.3 Å². The maximum Gasteiger partial charge on any atom is 0.201 e. The average Bonchev–Trinajstić information content (AvgIpc) is 2.67. The third-order valence-corrected chi connectivity index (χ3v) is 3.11. The fraction of sp³-hybridized carbons (Fsp3) is 0.500. The fourth-order valence-corrected chi connectivity index (χ4v) is 2.02. The highest BCUT2D eigenvalue weighted by molar-refractivity contribution is 5.76. The van der Waals surface area contributed by atoms with Gasteiger partial charge in [0.1, 0.15) is 5.52 Å². The number of imidazole rings is 1. The van der Waals surface area contributed by atoms with Gasteiger partial charge in [-0.05, 0) is 19.2 Å². The van der Waals surface area contributed by atoms with Crippen LogP contribution in [-0.4, -0.2) is 39.1 Å². The lowest BCUT2D eigenvalue weighted by molar-refractivity contribution is 0.292. The summed E-state index contributed by atoms with van der Waals surface area (Å²) in [7, 11) is 0. The number of hydrogen-bond acceptors (Lipinski definition) is 4. The molecule has 0 atom stereocenters. The second kappa shape index (κ2) is 5.14. The number of nitrogen functional groups attached to an aromatic ring is 1. The van der Waals surface area contributed by atoms with Crippen LogP contribution in [0.25, 0.3) is 11.0 Å². The molecular weight excluding hydrogens is 214 g/mol. The topological polar surface area (TPSA) is 60.0 Å². The summed E-state index contributed by atoms with van der Waals surface area (Å²) in [5.41, 5.74) is 7.85. The largest absolute Gasteiger partial charge is 0.369 e. The van der Waals surface area contributed by atoms with Crippen LogP contribution in [0.4, 0.5) is 5.95 Å². The van der Waals surface area contributed by atoms with Gasteiger partial charge in [0, 0.05) is 19.3 Å². The second-order valence-electron chi connectivity index (χ2n) is 4.01. The summed E-state index contributed by atoms with van der Waals surface area (Å²) in [6.07, 6.45) is 3.52. The number of pyridine rings is 1. The van der Waals surface area contributed by atoms with Gasteiger partial charge in [-0.15, -0.1) is 0 Å². The summed E-state index contributed by atoms with van der Waals surface area (Å²) in [5, 5.41) is 0. The van der Waals surface area contributed by atoms with Crippen molar-refractivity contribution in [3.05, 3.63) is 18.5 Å². The fourth-order valence-electron chi connectivity index (χ4n) is 2.02. The Labute approximate surface area is 101 Å². The molecule has 5 nitrogen and oxygen atoms in total. The van der Waals surface area contributed by atoms with E-state index in [9.17, 15) is 0 Å². The molecule has 0 saturated heterocycles. The van der Waals surface area contributed by atoms with Gasteiger partial charge in [-0.2, -0.15) is 0 Å². The molecule has 0 aliphatic heterocycles. The first-order valence-corrected chi connectivity index (χ1v) is 6.04. The maximum atomic E-state index is 5.93. The molecule has 2 aromatic rings. The average molecular weight is 233 g/mol. The van der Waals surface area contributed by atoms with Gasteiger partial charge in [-0.1, -0.05) is 13.8 Å². The van der Waals surface area contributed by atoms with Crippen LogP contribution < -0.4 is 5.73 Å². The lowest BCUT2D eigenvalue weighted by Gasteiger charge is -2.18. The zero-order valence-corrected chi connectivity index (χ0v) is 10.4. The van der Waals surface area contributed by atoms with Crippen LogP contribution in [-0.2, 0) is 6.54 Å². The highest BCUT2D eigenvalue weighted by Crippen LogP contribution is 2.15. The minimum absolute atomic E-state index is 0.570. The number of rotatable bonds is 5. The Kier molecular flexibility index (Phi) is 3.58. The van der Waals surface area contributed by atoms with Crippen LogP contribution in [0.15, 0.2) is 18.5 Å². The van der Waals surface area contributed by atoms with E-state index in [0.29, 0.717) is 5.95 Å². The smallest absolute Gasteiger partial charge is 0.201 e. The van der Waals surface area contributed by atoms with Gasteiger partial charge in [0.15, 0.2) is 0 Å². The lowest BCUT2D eigenvalue weighted by Crippen LogP contribution is -2.27. The van der Waals surface area contributed by atoms with Gasteiger partial charge in [0.25, 0.3) is 0 Å². The molecule has 0 radical (unpaired) electrons. The Balaban J connectivity index is 2.20. The van der Waals surface area contributed by atoms with Gasteiger partial charge in [-0.25, -0.2) is 4.98 Å². The van der Waals surface area contributed by atoms with Crippen molar-refractivity contribution in [3.8, 4) is 0 Å². The van der Waals surface area contributed by atoms with Gasteiger partial charge < -0.3 is 15.2 Å². The maximum absolute atomic E-state index is 5.93. The van der Waals surface area contributed by atoms with E-state index in [1.807, 2.05) is 6.07 Å². The van der Waals surface area contributed by atoms with Crippen LogP contribution in [0.5, 0.6) is 0 Å². The molecule has 0 aromatic carbocycles. The first-order valence-electron chi connectivity index (χ1n) is 6.04. The number of anilines is 1. The van der Waals surface area contributed by atoms with Crippen molar-refractivity contribution in [2.24, 2.45) is 0 Å². The van der Waals surface area contributed by atoms with E-state index in [0.717, 1.165) is 37.2 Å². The number of nitrogens with two attached hydrogens (primary N) is 1. The Bertz CT molecular complexity index is 487.